The Labute approximate surface area is 71.0 Å². The topological polar surface area (TPSA) is 63.2 Å². The third-order valence-corrected chi connectivity index (χ3v) is 1.81. The van der Waals surface area contributed by atoms with Crippen LogP contribution >= 0.6 is 23.4 Å². The van der Waals surface area contributed by atoms with E-state index in [1.54, 1.807) is 0 Å². The second kappa shape index (κ2) is 3.06. The van der Waals surface area contributed by atoms with E-state index >= 15 is 0 Å². The van der Waals surface area contributed by atoms with Crippen molar-refractivity contribution in [2.45, 2.75) is 0 Å². The standard InChI is InChI=1S/C5H2ClNO3S/c6-3(8)1-2-4(9)7-5(10)11-2/h1H,(H,7,9,10). The molecule has 1 heterocycles. The third kappa shape index (κ3) is 2.06. The van der Waals surface area contributed by atoms with Gasteiger partial charge in [0.05, 0.1) is 4.91 Å². The number of allylic oxidation sites excluding steroid dienone is 1. The van der Waals surface area contributed by atoms with Crippen LogP contribution in [0.15, 0.2) is 11.0 Å². The molecule has 0 bridgehead atoms. The lowest BCUT2D eigenvalue weighted by Gasteiger charge is -1.83. The first-order chi connectivity index (χ1) is 5.09. The Morgan fingerprint density at radius 3 is 2.55 bits per heavy atom. The predicted molar refractivity (Wildman–Crippen MR) is 40.1 cm³/mol. The second-order valence-electron chi connectivity index (χ2n) is 1.66. The molecule has 0 saturated carbocycles. The highest BCUT2D eigenvalue weighted by Crippen LogP contribution is 2.22. The molecular formula is C5H2ClNO3S. The Hall–Kier alpha value is -0.810. The highest BCUT2D eigenvalue weighted by atomic mass is 35.5. The van der Waals surface area contributed by atoms with Crippen molar-refractivity contribution in [3.63, 3.8) is 0 Å². The Morgan fingerprint density at radius 2 is 2.18 bits per heavy atom. The summed E-state index contributed by atoms with van der Waals surface area (Å²) < 4.78 is 0. The van der Waals surface area contributed by atoms with Crippen molar-refractivity contribution >= 4 is 39.8 Å². The molecule has 0 aromatic carbocycles. The summed E-state index contributed by atoms with van der Waals surface area (Å²) in [7, 11) is 0. The van der Waals surface area contributed by atoms with Gasteiger partial charge in [0.15, 0.2) is 0 Å². The minimum atomic E-state index is -0.766. The Morgan fingerprint density at radius 1 is 1.55 bits per heavy atom. The van der Waals surface area contributed by atoms with Crippen molar-refractivity contribution in [1.82, 2.24) is 5.32 Å². The highest BCUT2D eigenvalue weighted by molar-refractivity contribution is 8.18. The SMILES string of the molecule is O=C(Cl)C=C1SC(=O)NC1=O. The van der Waals surface area contributed by atoms with Gasteiger partial charge in [-0.2, -0.15) is 0 Å². The molecule has 1 saturated heterocycles. The third-order valence-electron chi connectivity index (χ3n) is 0.887. The van der Waals surface area contributed by atoms with Crippen LogP contribution in [-0.2, 0) is 9.59 Å². The minimum Gasteiger partial charge on any atom is -0.282 e. The van der Waals surface area contributed by atoms with Crippen LogP contribution in [0.4, 0.5) is 4.79 Å². The molecule has 11 heavy (non-hydrogen) atoms. The molecule has 0 spiro atoms. The number of carbonyl (C=O) groups excluding carboxylic acids is 3. The van der Waals surface area contributed by atoms with E-state index in [4.69, 9.17) is 11.6 Å². The van der Waals surface area contributed by atoms with Gasteiger partial charge in [0, 0.05) is 6.08 Å². The molecule has 1 N–H and O–H groups in total. The Bertz CT molecular complexity index is 273. The molecule has 1 rings (SSSR count). The number of hydrogen-bond donors (Lipinski definition) is 1. The van der Waals surface area contributed by atoms with E-state index in [0.29, 0.717) is 11.8 Å². The summed E-state index contributed by atoms with van der Waals surface area (Å²) in [5.74, 6) is -0.575. The van der Waals surface area contributed by atoms with Crippen molar-refractivity contribution in [3.05, 3.63) is 11.0 Å². The smallest absolute Gasteiger partial charge is 0.282 e. The fourth-order valence-electron chi connectivity index (χ4n) is 0.524. The van der Waals surface area contributed by atoms with Crippen molar-refractivity contribution in [1.29, 1.82) is 0 Å². The van der Waals surface area contributed by atoms with Gasteiger partial charge in [0.25, 0.3) is 11.1 Å². The average Bonchev–Trinajstić information content (AvgIpc) is 2.09. The van der Waals surface area contributed by atoms with E-state index < -0.39 is 16.4 Å². The maximum atomic E-state index is 10.7. The zero-order chi connectivity index (χ0) is 8.43. The Kier molecular flexibility index (Phi) is 2.31. The first kappa shape index (κ1) is 8.29. The zero-order valence-electron chi connectivity index (χ0n) is 5.09. The normalized spacial score (nSPS) is 20.6. The predicted octanol–water partition coefficient (Wildman–Crippen LogP) is 0.619. The molecule has 6 heteroatoms. The van der Waals surface area contributed by atoms with Crippen LogP contribution in [0.5, 0.6) is 0 Å². The first-order valence-electron chi connectivity index (χ1n) is 2.54. The van der Waals surface area contributed by atoms with Gasteiger partial charge in [-0.15, -0.1) is 0 Å². The van der Waals surface area contributed by atoms with Gasteiger partial charge in [0.1, 0.15) is 0 Å². The molecule has 58 valence electrons. The summed E-state index contributed by atoms with van der Waals surface area (Å²) in [6, 6.07) is 0. The molecule has 0 atom stereocenters. The number of amides is 2. The van der Waals surface area contributed by atoms with Gasteiger partial charge in [0.2, 0.25) is 5.24 Å². The fourth-order valence-corrected chi connectivity index (χ4v) is 1.35. The second-order valence-corrected chi connectivity index (χ2v) is 3.04. The maximum Gasteiger partial charge on any atom is 0.290 e. The van der Waals surface area contributed by atoms with Crippen LogP contribution in [0, 0.1) is 0 Å². The summed E-state index contributed by atoms with van der Waals surface area (Å²) in [6.07, 6.45) is 0.909. The van der Waals surface area contributed by atoms with Gasteiger partial charge in [-0.3, -0.25) is 19.7 Å². The van der Waals surface area contributed by atoms with Gasteiger partial charge in [-0.25, -0.2) is 0 Å². The van der Waals surface area contributed by atoms with Gasteiger partial charge in [-0.1, -0.05) is 0 Å². The van der Waals surface area contributed by atoms with E-state index in [9.17, 15) is 14.4 Å². The van der Waals surface area contributed by atoms with Crippen molar-refractivity contribution in [2.75, 3.05) is 0 Å². The monoisotopic (exact) mass is 191 g/mol. The van der Waals surface area contributed by atoms with E-state index in [1.165, 1.54) is 0 Å². The Balaban J connectivity index is 2.83. The number of thioether (sulfide) groups is 1. The molecule has 1 fully saturated rings. The van der Waals surface area contributed by atoms with Gasteiger partial charge >= 0.3 is 0 Å². The summed E-state index contributed by atoms with van der Waals surface area (Å²) in [4.78, 5) is 31.4. The summed E-state index contributed by atoms with van der Waals surface area (Å²) in [6.45, 7) is 0. The highest BCUT2D eigenvalue weighted by Gasteiger charge is 2.25. The zero-order valence-corrected chi connectivity index (χ0v) is 6.66. The quantitative estimate of drug-likeness (QED) is 0.488. The molecule has 0 aromatic rings. The molecule has 4 nitrogen and oxygen atoms in total. The maximum absolute atomic E-state index is 10.7. The number of imide groups is 1. The lowest BCUT2D eigenvalue weighted by Crippen LogP contribution is -2.18. The summed E-state index contributed by atoms with van der Waals surface area (Å²) >= 11 is 5.61. The van der Waals surface area contributed by atoms with E-state index in [2.05, 4.69) is 0 Å². The van der Waals surface area contributed by atoms with Crippen molar-refractivity contribution in [2.24, 2.45) is 0 Å². The summed E-state index contributed by atoms with van der Waals surface area (Å²) in [5.41, 5.74) is 0. The van der Waals surface area contributed by atoms with Crippen LogP contribution < -0.4 is 5.32 Å². The molecule has 0 radical (unpaired) electrons. The molecule has 1 aliphatic heterocycles. The molecular weight excluding hydrogens is 190 g/mol. The van der Waals surface area contributed by atoms with E-state index in [1.807, 2.05) is 5.32 Å². The number of hydrogen-bond acceptors (Lipinski definition) is 4. The molecule has 0 unspecified atom stereocenters. The van der Waals surface area contributed by atoms with Gasteiger partial charge in [-0.05, 0) is 23.4 Å². The minimum absolute atomic E-state index is 0.0370. The molecule has 2 amide bonds. The van der Waals surface area contributed by atoms with Crippen molar-refractivity contribution < 1.29 is 14.4 Å². The fraction of sp³-hybridized carbons (Fsp3) is 0. The van der Waals surface area contributed by atoms with E-state index in [-0.39, 0.29) is 4.91 Å². The number of rotatable bonds is 1. The van der Waals surface area contributed by atoms with Crippen LogP contribution in [0.3, 0.4) is 0 Å². The molecule has 0 aliphatic carbocycles. The van der Waals surface area contributed by atoms with Gasteiger partial charge < -0.3 is 0 Å². The van der Waals surface area contributed by atoms with Crippen LogP contribution in [0.25, 0.3) is 0 Å². The van der Waals surface area contributed by atoms with Crippen LogP contribution in [0.2, 0.25) is 0 Å². The summed E-state index contributed by atoms with van der Waals surface area (Å²) in [5, 5.41) is 0.725. The van der Waals surface area contributed by atoms with Crippen molar-refractivity contribution in [3.8, 4) is 0 Å². The average molecular weight is 192 g/mol. The molecule has 0 aromatic heterocycles. The van der Waals surface area contributed by atoms with E-state index in [0.717, 1.165) is 6.08 Å². The lowest BCUT2D eigenvalue weighted by molar-refractivity contribution is -0.115. The number of halogens is 1. The van der Waals surface area contributed by atoms with Crippen LogP contribution in [-0.4, -0.2) is 16.4 Å². The lowest BCUT2D eigenvalue weighted by atomic mass is 10.5. The largest absolute Gasteiger partial charge is 0.290 e. The molecule has 1 aliphatic rings. The number of carbonyl (C=O) groups is 3. The first-order valence-corrected chi connectivity index (χ1v) is 3.73. The number of nitrogens with one attached hydrogen (secondary N) is 1. The van der Waals surface area contributed by atoms with Crippen LogP contribution in [0.1, 0.15) is 0 Å².